The molecule has 0 unspecified atom stereocenters. The zero-order valence-corrected chi connectivity index (χ0v) is 14.3. The van der Waals surface area contributed by atoms with Gasteiger partial charge in [0.15, 0.2) is 0 Å². The fourth-order valence-electron chi connectivity index (χ4n) is 3.16. The van der Waals surface area contributed by atoms with Crippen molar-refractivity contribution in [1.82, 2.24) is 15.2 Å². The number of nitrogens with zero attached hydrogens (tertiary/aromatic N) is 2. The molecule has 0 bridgehead atoms. The number of piperidine rings is 1. The van der Waals surface area contributed by atoms with E-state index >= 15 is 0 Å². The Morgan fingerprint density at radius 3 is 2.79 bits per heavy atom. The number of hydrogen-bond acceptors (Lipinski definition) is 5. The predicted octanol–water partition coefficient (Wildman–Crippen LogP) is 1.33. The molecule has 2 heterocycles. The van der Waals surface area contributed by atoms with Crippen molar-refractivity contribution in [2.75, 3.05) is 19.7 Å². The van der Waals surface area contributed by atoms with Crippen LogP contribution >= 0.6 is 0 Å². The van der Waals surface area contributed by atoms with Crippen molar-refractivity contribution in [2.45, 2.75) is 51.3 Å². The standard InChI is InChI=1S/C18H27N3O3/c1-2-24-16-5-3-4-15(19-16)12-21-10-8-13(9-11-21)17(22)18(23)20-14-6-7-14/h3-5,13-14,17,22H,2,6-12H2,1H3,(H,20,23)/t17-/m0/s1. The number of carbonyl (C=O) groups is 1. The molecule has 1 aliphatic heterocycles. The molecule has 1 aromatic heterocycles. The van der Waals surface area contributed by atoms with E-state index in [0.29, 0.717) is 18.5 Å². The number of rotatable bonds is 7. The number of aromatic nitrogens is 1. The first-order valence-corrected chi connectivity index (χ1v) is 8.95. The molecule has 1 atom stereocenters. The molecule has 2 fully saturated rings. The van der Waals surface area contributed by atoms with Gasteiger partial charge in [0.05, 0.1) is 12.3 Å². The smallest absolute Gasteiger partial charge is 0.249 e. The molecule has 132 valence electrons. The van der Waals surface area contributed by atoms with E-state index < -0.39 is 6.10 Å². The number of aliphatic hydroxyl groups is 1. The van der Waals surface area contributed by atoms with Crippen LogP contribution in [0.4, 0.5) is 0 Å². The van der Waals surface area contributed by atoms with Crippen molar-refractivity contribution in [3.05, 3.63) is 23.9 Å². The first-order valence-electron chi connectivity index (χ1n) is 8.95. The zero-order valence-electron chi connectivity index (χ0n) is 14.3. The van der Waals surface area contributed by atoms with E-state index in [1.807, 2.05) is 25.1 Å². The van der Waals surface area contributed by atoms with Crippen LogP contribution in [-0.4, -0.2) is 52.7 Å². The molecular formula is C18H27N3O3. The summed E-state index contributed by atoms with van der Waals surface area (Å²) >= 11 is 0. The summed E-state index contributed by atoms with van der Waals surface area (Å²) in [6, 6.07) is 6.14. The van der Waals surface area contributed by atoms with Gasteiger partial charge in [0.1, 0.15) is 6.10 Å². The Labute approximate surface area is 143 Å². The lowest BCUT2D eigenvalue weighted by Crippen LogP contribution is -2.45. The van der Waals surface area contributed by atoms with Crippen LogP contribution < -0.4 is 10.1 Å². The SMILES string of the molecule is CCOc1cccc(CN2CCC([C@H](O)C(=O)NC3CC3)CC2)n1. The second-order valence-corrected chi connectivity index (χ2v) is 6.74. The summed E-state index contributed by atoms with van der Waals surface area (Å²) in [5, 5.41) is 13.1. The molecule has 24 heavy (non-hydrogen) atoms. The third kappa shape index (κ3) is 4.68. The molecule has 1 amide bonds. The van der Waals surface area contributed by atoms with Crippen molar-refractivity contribution in [1.29, 1.82) is 0 Å². The van der Waals surface area contributed by atoms with E-state index in [1.54, 1.807) is 0 Å². The van der Waals surface area contributed by atoms with Gasteiger partial charge in [-0.25, -0.2) is 4.98 Å². The highest BCUT2D eigenvalue weighted by Gasteiger charge is 2.32. The Balaban J connectivity index is 1.46. The Hall–Kier alpha value is -1.66. The summed E-state index contributed by atoms with van der Waals surface area (Å²) in [6.45, 7) is 5.09. The number of nitrogens with one attached hydrogen (secondary N) is 1. The third-order valence-corrected chi connectivity index (χ3v) is 4.73. The Kier molecular flexibility index (Phi) is 5.68. The van der Waals surface area contributed by atoms with Gasteiger partial charge in [0.25, 0.3) is 0 Å². The van der Waals surface area contributed by atoms with E-state index in [9.17, 15) is 9.90 Å². The molecular weight excluding hydrogens is 306 g/mol. The second kappa shape index (κ2) is 7.94. The second-order valence-electron chi connectivity index (χ2n) is 6.74. The summed E-state index contributed by atoms with van der Waals surface area (Å²) in [6.07, 6.45) is 2.90. The number of carbonyl (C=O) groups excluding carboxylic acids is 1. The maximum atomic E-state index is 12.0. The highest BCUT2D eigenvalue weighted by atomic mass is 16.5. The number of aliphatic hydroxyl groups excluding tert-OH is 1. The fraction of sp³-hybridized carbons (Fsp3) is 0.667. The molecule has 2 N–H and O–H groups in total. The van der Waals surface area contributed by atoms with Gasteiger partial charge in [-0.3, -0.25) is 9.69 Å². The normalized spacial score (nSPS) is 20.6. The van der Waals surface area contributed by atoms with E-state index in [-0.39, 0.29) is 11.8 Å². The van der Waals surface area contributed by atoms with Gasteiger partial charge in [-0.15, -0.1) is 0 Å². The summed E-state index contributed by atoms with van der Waals surface area (Å²) < 4.78 is 5.44. The van der Waals surface area contributed by atoms with Gasteiger partial charge in [0, 0.05) is 18.7 Å². The van der Waals surface area contributed by atoms with Crippen LogP contribution in [-0.2, 0) is 11.3 Å². The molecule has 2 aliphatic rings. The van der Waals surface area contributed by atoms with E-state index in [4.69, 9.17) is 4.74 Å². The van der Waals surface area contributed by atoms with Crippen molar-refractivity contribution >= 4 is 5.91 Å². The van der Waals surface area contributed by atoms with Gasteiger partial charge in [-0.2, -0.15) is 0 Å². The van der Waals surface area contributed by atoms with Crippen LogP contribution in [0.1, 0.15) is 38.3 Å². The molecule has 1 saturated heterocycles. The molecule has 1 saturated carbocycles. The molecule has 1 aromatic rings. The Bertz CT molecular complexity index is 554. The van der Waals surface area contributed by atoms with Crippen LogP contribution in [0.25, 0.3) is 0 Å². The van der Waals surface area contributed by atoms with Crippen molar-refractivity contribution in [3.8, 4) is 5.88 Å². The minimum absolute atomic E-state index is 0.0581. The summed E-state index contributed by atoms with van der Waals surface area (Å²) in [5.74, 6) is 0.529. The van der Waals surface area contributed by atoms with E-state index in [1.165, 1.54) is 0 Å². The molecule has 0 radical (unpaired) electrons. The van der Waals surface area contributed by atoms with Gasteiger partial charge in [-0.05, 0) is 57.7 Å². The van der Waals surface area contributed by atoms with Crippen molar-refractivity contribution in [3.63, 3.8) is 0 Å². The van der Waals surface area contributed by atoms with Crippen LogP contribution in [0, 0.1) is 5.92 Å². The lowest BCUT2D eigenvalue weighted by molar-refractivity contribution is -0.133. The molecule has 1 aliphatic carbocycles. The van der Waals surface area contributed by atoms with Crippen LogP contribution in [0.3, 0.4) is 0 Å². The number of ether oxygens (including phenoxy) is 1. The maximum absolute atomic E-state index is 12.0. The largest absolute Gasteiger partial charge is 0.478 e. The zero-order chi connectivity index (χ0) is 16.9. The highest BCUT2D eigenvalue weighted by Crippen LogP contribution is 2.24. The quantitative estimate of drug-likeness (QED) is 0.787. The average molecular weight is 333 g/mol. The van der Waals surface area contributed by atoms with Crippen LogP contribution in [0.5, 0.6) is 5.88 Å². The number of amides is 1. The summed E-state index contributed by atoms with van der Waals surface area (Å²) in [7, 11) is 0. The summed E-state index contributed by atoms with van der Waals surface area (Å²) in [4.78, 5) is 18.8. The van der Waals surface area contributed by atoms with Gasteiger partial charge in [0.2, 0.25) is 11.8 Å². The average Bonchev–Trinajstić information content (AvgIpc) is 3.39. The summed E-state index contributed by atoms with van der Waals surface area (Å²) in [5.41, 5.74) is 0.992. The lowest BCUT2D eigenvalue weighted by Gasteiger charge is -2.33. The maximum Gasteiger partial charge on any atom is 0.249 e. The molecule has 0 aromatic carbocycles. The van der Waals surface area contributed by atoms with Gasteiger partial charge >= 0.3 is 0 Å². The molecule has 3 rings (SSSR count). The first kappa shape index (κ1) is 17.2. The number of hydrogen-bond donors (Lipinski definition) is 2. The van der Waals surface area contributed by atoms with Gasteiger partial charge in [-0.1, -0.05) is 6.07 Å². The first-order chi connectivity index (χ1) is 11.7. The lowest BCUT2D eigenvalue weighted by atomic mass is 9.90. The Morgan fingerprint density at radius 2 is 2.12 bits per heavy atom. The number of likely N-dealkylation sites (tertiary alicyclic amines) is 1. The topological polar surface area (TPSA) is 74.7 Å². The predicted molar refractivity (Wildman–Crippen MR) is 90.6 cm³/mol. The van der Waals surface area contributed by atoms with Crippen LogP contribution in [0.15, 0.2) is 18.2 Å². The van der Waals surface area contributed by atoms with Crippen molar-refractivity contribution in [2.24, 2.45) is 5.92 Å². The van der Waals surface area contributed by atoms with Crippen LogP contribution in [0.2, 0.25) is 0 Å². The van der Waals surface area contributed by atoms with Crippen molar-refractivity contribution < 1.29 is 14.6 Å². The Morgan fingerprint density at radius 1 is 1.38 bits per heavy atom. The molecule has 6 heteroatoms. The molecule has 6 nitrogen and oxygen atoms in total. The highest BCUT2D eigenvalue weighted by molar-refractivity contribution is 5.81. The fourth-order valence-corrected chi connectivity index (χ4v) is 3.16. The van der Waals surface area contributed by atoms with E-state index in [0.717, 1.165) is 51.0 Å². The minimum Gasteiger partial charge on any atom is -0.478 e. The third-order valence-electron chi connectivity index (χ3n) is 4.73. The monoisotopic (exact) mass is 333 g/mol. The number of pyridine rings is 1. The van der Waals surface area contributed by atoms with Gasteiger partial charge < -0.3 is 15.2 Å². The van der Waals surface area contributed by atoms with E-state index in [2.05, 4.69) is 15.2 Å². The minimum atomic E-state index is -0.868. The molecule has 0 spiro atoms.